The van der Waals surface area contributed by atoms with Crippen molar-refractivity contribution in [1.29, 1.82) is 0 Å². The number of rotatable bonds is 6. The number of aliphatic hydroxyl groups excluding tert-OH is 2. The van der Waals surface area contributed by atoms with Gasteiger partial charge in [0.1, 0.15) is 5.69 Å². The van der Waals surface area contributed by atoms with Gasteiger partial charge in [0.2, 0.25) is 11.7 Å². The minimum absolute atomic E-state index is 0.110. The topological polar surface area (TPSA) is 95.3 Å². The van der Waals surface area contributed by atoms with Crippen molar-refractivity contribution in [2.45, 2.75) is 6.10 Å². The van der Waals surface area contributed by atoms with Gasteiger partial charge in [-0.25, -0.2) is 9.97 Å². The zero-order chi connectivity index (χ0) is 15.5. The van der Waals surface area contributed by atoms with Gasteiger partial charge in [-0.15, -0.1) is 22.7 Å². The van der Waals surface area contributed by atoms with Crippen molar-refractivity contribution in [1.82, 2.24) is 9.97 Å². The maximum Gasteiger partial charge on any atom is 0.224 e. The van der Waals surface area contributed by atoms with Crippen LogP contribution in [0.4, 0.5) is 5.95 Å². The minimum Gasteiger partial charge on any atom is -0.394 e. The molecule has 0 aliphatic heterocycles. The van der Waals surface area contributed by atoms with Crippen LogP contribution in [0.15, 0.2) is 29.0 Å². The lowest BCUT2D eigenvalue weighted by Gasteiger charge is -2.10. The van der Waals surface area contributed by atoms with Crippen LogP contribution in [0.5, 0.6) is 0 Å². The molecule has 0 aliphatic rings. The predicted molar refractivity (Wildman–Crippen MR) is 86.7 cm³/mol. The van der Waals surface area contributed by atoms with E-state index in [1.54, 1.807) is 6.07 Å². The van der Waals surface area contributed by atoms with Gasteiger partial charge in [-0.3, -0.25) is 4.79 Å². The first-order valence-electron chi connectivity index (χ1n) is 6.55. The molecule has 0 radical (unpaired) electrons. The van der Waals surface area contributed by atoms with Gasteiger partial charge >= 0.3 is 0 Å². The van der Waals surface area contributed by atoms with Crippen LogP contribution >= 0.6 is 22.7 Å². The van der Waals surface area contributed by atoms with E-state index in [0.29, 0.717) is 16.1 Å². The van der Waals surface area contributed by atoms with Crippen LogP contribution < -0.4 is 5.32 Å². The van der Waals surface area contributed by atoms with E-state index in [-0.39, 0.29) is 24.9 Å². The second-order valence-corrected chi connectivity index (χ2v) is 6.42. The summed E-state index contributed by atoms with van der Waals surface area (Å²) in [7, 11) is 0. The Morgan fingerprint density at radius 3 is 2.86 bits per heavy atom. The van der Waals surface area contributed by atoms with Crippen LogP contribution in [0.1, 0.15) is 15.4 Å². The molecule has 0 aliphatic carbocycles. The van der Waals surface area contributed by atoms with E-state index < -0.39 is 6.10 Å². The monoisotopic (exact) mass is 335 g/mol. The molecule has 22 heavy (non-hydrogen) atoms. The highest BCUT2D eigenvalue weighted by Gasteiger charge is 2.18. The Balaban J connectivity index is 1.97. The molecule has 0 bridgehead atoms. The SMILES string of the molecule is O=C(c1cccs1)c1nc(NCC(O)CO)nc2ccsc12. The molecule has 3 aromatic heterocycles. The molecule has 0 aromatic carbocycles. The maximum absolute atomic E-state index is 12.6. The number of thiophene rings is 2. The number of anilines is 1. The van der Waals surface area contributed by atoms with Crippen LogP contribution in [0.3, 0.4) is 0 Å². The Morgan fingerprint density at radius 1 is 1.27 bits per heavy atom. The van der Waals surface area contributed by atoms with Crippen molar-refractivity contribution in [2.24, 2.45) is 0 Å². The lowest BCUT2D eigenvalue weighted by atomic mass is 10.2. The van der Waals surface area contributed by atoms with E-state index in [4.69, 9.17) is 5.11 Å². The molecule has 0 spiro atoms. The second kappa shape index (κ2) is 6.49. The molecule has 3 rings (SSSR count). The molecule has 8 heteroatoms. The van der Waals surface area contributed by atoms with E-state index in [1.807, 2.05) is 22.9 Å². The number of nitrogens with one attached hydrogen (secondary N) is 1. The van der Waals surface area contributed by atoms with Gasteiger partial charge in [-0.05, 0) is 22.9 Å². The standard InChI is InChI=1S/C14H13N3O3S2/c18-7-8(19)6-15-14-16-9-3-5-22-13(9)11(17-14)12(20)10-2-1-4-21-10/h1-5,8,18-19H,6-7H2,(H,15,16,17). The van der Waals surface area contributed by atoms with Crippen LogP contribution in [-0.4, -0.2) is 45.2 Å². The summed E-state index contributed by atoms with van der Waals surface area (Å²) in [4.78, 5) is 21.8. The van der Waals surface area contributed by atoms with Crippen LogP contribution in [0, 0.1) is 0 Å². The van der Waals surface area contributed by atoms with Crippen LogP contribution in [0.2, 0.25) is 0 Å². The third-order valence-electron chi connectivity index (χ3n) is 2.97. The molecule has 1 unspecified atom stereocenters. The zero-order valence-corrected chi connectivity index (χ0v) is 13.0. The van der Waals surface area contributed by atoms with Crippen LogP contribution in [-0.2, 0) is 0 Å². The smallest absolute Gasteiger partial charge is 0.224 e. The Hall–Kier alpha value is -1.87. The first kappa shape index (κ1) is 15.0. The molecule has 0 fully saturated rings. The fourth-order valence-electron chi connectivity index (χ4n) is 1.89. The first-order valence-corrected chi connectivity index (χ1v) is 8.31. The first-order chi connectivity index (χ1) is 10.7. The fourth-order valence-corrected chi connectivity index (χ4v) is 3.38. The van der Waals surface area contributed by atoms with Gasteiger partial charge in [-0.1, -0.05) is 6.07 Å². The van der Waals surface area contributed by atoms with E-state index >= 15 is 0 Å². The highest BCUT2D eigenvalue weighted by Crippen LogP contribution is 2.26. The summed E-state index contributed by atoms with van der Waals surface area (Å²) in [6.45, 7) is -0.243. The average Bonchev–Trinajstić information content (AvgIpc) is 3.21. The van der Waals surface area contributed by atoms with Crippen molar-refractivity contribution >= 4 is 44.6 Å². The van der Waals surface area contributed by atoms with Crippen molar-refractivity contribution < 1.29 is 15.0 Å². The van der Waals surface area contributed by atoms with E-state index in [2.05, 4.69) is 15.3 Å². The Bertz CT molecular complexity index is 786. The third-order valence-corrected chi connectivity index (χ3v) is 4.75. The number of aromatic nitrogens is 2. The summed E-state index contributed by atoms with van der Waals surface area (Å²) in [6, 6.07) is 5.40. The number of carbonyl (C=O) groups is 1. The van der Waals surface area contributed by atoms with Crippen molar-refractivity contribution in [2.75, 3.05) is 18.5 Å². The summed E-state index contributed by atoms with van der Waals surface area (Å²) in [5.41, 5.74) is 1.03. The summed E-state index contributed by atoms with van der Waals surface area (Å²) in [5, 5.41) is 24.8. The van der Waals surface area contributed by atoms with E-state index in [1.165, 1.54) is 22.7 Å². The molecule has 114 valence electrons. The number of carbonyl (C=O) groups excluding carboxylic acids is 1. The summed E-state index contributed by atoms with van der Waals surface area (Å²) in [5.74, 6) is 0.119. The molecule has 3 aromatic rings. The predicted octanol–water partition coefficient (Wildman–Crippen LogP) is 1.75. The third kappa shape index (κ3) is 3.00. The second-order valence-electron chi connectivity index (χ2n) is 4.55. The van der Waals surface area contributed by atoms with Gasteiger partial charge in [0.05, 0.1) is 27.8 Å². The molecule has 3 heterocycles. The van der Waals surface area contributed by atoms with E-state index in [0.717, 1.165) is 4.70 Å². The van der Waals surface area contributed by atoms with Crippen molar-refractivity contribution in [3.63, 3.8) is 0 Å². The number of fused-ring (bicyclic) bond motifs is 1. The zero-order valence-electron chi connectivity index (χ0n) is 11.4. The Labute approximate surface area is 134 Å². The molecular formula is C14H13N3O3S2. The summed E-state index contributed by atoms with van der Waals surface area (Å²) >= 11 is 2.78. The number of hydrogen-bond acceptors (Lipinski definition) is 8. The Morgan fingerprint density at radius 2 is 2.14 bits per heavy atom. The molecule has 1 atom stereocenters. The van der Waals surface area contributed by atoms with Crippen molar-refractivity contribution in [3.05, 3.63) is 39.5 Å². The number of hydrogen-bond donors (Lipinski definition) is 3. The van der Waals surface area contributed by atoms with Crippen molar-refractivity contribution in [3.8, 4) is 0 Å². The normalized spacial score (nSPS) is 12.5. The minimum atomic E-state index is -0.904. The van der Waals surface area contributed by atoms with E-state index in [9.17, 15) is 9.90 Å². The largest absolute Gasteiger partial charge is 0.394 e. The fraction of sp³-hybridized carbons (Fsp3) is 0.214. The number of nitrogens with zero attached hydrogens (tertiary/aromatic N) is 2. The maximum atomic E-state index is 12.6. The lowest BCUT2D eigenvalue weighted by molar-refractivity contribution is 0.103. The van der Waals surface area contributed by atoms with Gasteiger partial charge in [0.25, 0.3) is 0 Å². The lowest BCUT2D eigenvalue weighted by Crippen LogP contribution is -2.24. The molecule has 0 saturated heterocycles. The average molecular weight is 335 g/mol. The van der Waals surface area contributed by atoms with Gasteiger partial charge in [-0.2, -0.15) is 0 Å². The van der Waals surface area contributed by atoms with Gasteiger partial charge < -0.3 is 15.5 Å². The summed E-state index contributed by atoms with van der Waals surface area (Å²) < 4.78 is 0.742. The Kier molecular flexibility index (Phi) is 4.44. The van der Waals surface area contributed by atoms with Gasteiger partial charge in [0, 0.05) is 6.54 Å². The molecule has 6 nitrogen and oxygen atoms in total. The van der Waals surface area contributed by atoms with Gasteiger partial charge in [0.15, 0.2) is 0 Å². The molecule has 3 N–H and O–H groups in total. The summed E-state index contributed by atoms with van der Waals surface area (Å²) in [6.07, 6.45) is -0.904. The quantitative estimate of drug-likeness (QED) is 0.594. The highest BCUT2D eigenvalue weighted by molar-refractivity contribution is 7.17. The molecular weight excluding hydrogens is 322 g/mol. The number of aliphatic hydroxyl groups is 2. The number of ketones is 1. The highest BCUT2D eigenvalue weighted by atomic mass is 32.1. The molecule has 0 saturated carbocycles. The van der Waals surface area contributed by atoms with Crippen LogP contribution in [0.25, 0.3) is 10.2 Å². The molecule has 0 amide bonds.